The van der Waals surface area contributed by atoms with E-state index < -0.39 is 5.88 Å². The fourth-order valence-corrected chi connectivity index (χ4v) is 0. The van der Waals surface area contributed by atoms with E-state index in [2.05, 4.69) is 5.73 Å². The van der Waals surface area contributed by atoms with E-state index in [4.69, 9.17) is 16.6 Å². The SMILES string of the molecule is NC(N)=C(N)O. The molecule has 0 bridgehead atoms. The van der Waals surface area contributed by atoms with E-state index in [1.807, 2.05) is 0 Å². The molecule has 0 saturated carbocycles. The van der Waals surface area contributed by atoms with E-state index in [-0.39, 0.29) is 5.82 Å². The molecule has 0 spiro atoms. The highest BCUT2D eigenvalue weighted by atomic mass is 16.3. The average Bonchev–Trinajstić information content (AvgIpc) is 1.36. The van der Waals surface area contributed by atoms with Gasteiger partial charge in [-0.2, -0.15) is 0 Å². The number of hydrogen-bond acceptors (Lipinski definition) is 4. The van der Waals surface area contributed by atoms with Gasteiger partial charge in [0.2, 0.25) is 5.88 Å². The third kappa shape index (κ3) is 1.28. The minimum atomic E-state index is -0.519. The number of aliphatic hydroxyl groups is 1. The van der Waals surface area contributed by atoms with Gasteiger partial charge in [0.05, 0.1) is 0 Å². The second-order valence-corrected chi connectivity index (χ2v) is 0.841. The highest BCUT2D eigenvalue weighted by Crippen LogP contribution is 1.68. The van der Waals surface area contributed by atoms with E-state index in [9.17, 15) is 0 Å². The molecule has 7 N–H and O–H groups in total. The summed E-state index contributed by atoms with van der Waals surface area (Å²) in [6.07, 6.45) is 0. The first kappa shape index (κ1) is 4.94. The van der Waals surface area contributed by atoms with Gasteiger partial charge in [-0.1, -0.05) is 0 Å². The lowest BCUT2D eigenvalue weighted by molar-refractivity contribution is 0.396. The maximum Gasteiger partial charge on any atom is 0.222 e. The second-order valence-electron chi connectivity index (χ2n) is 0.841. The van der Waals surface area contributed by atoms with E-state index in [0.717, 1.165) is 0 Å². The summed E-state index contributed by atoms with van der Waals surface area (Å²) in [7, 11) is 0. The van der Waals surface area contributed by atoms with Gasteiger partial charge in [0.15, 0.2) is 5.82 Å². The first-order valence-electron chi connectivity index (χ1n) is 1.34. The summed E-state index contributed by atoms with van der Waals surface area (Å²) in [6.45, 7) is 0. The molecule has 0 aromatic carbocycles. The van der Waals surface area contributed by atoms with Gasteiger partial charge < -0.3 is 22.3 Å². The molecule has 0 saturated heterocycles. The standard InChI is InChI=1S/C2H7N3O/c3-1(4)2(5)6/h6H,3-5H2. The maximum atomic E-state index is 8.04. The van der Waals surface area contributed by atoms with Gasteiger partial charge >= 0.3 is 0 Å². The lowest BCUT2D eigenvalue weighted by Gasteiger charge is -1.88. The zero-order chi connectivity index (χ0) is 5.15. The lowest BCUT2D eigenvalue weighted by atomic mass is 10.7. The van der Waals surface area contributed by atoms with E-state index in [1.54, 1.807) is 0 Å². The topological polar surface area (TPSA) is 98.3 Å². The van der Waals surface area contributed by atoms with Crippen LogP contribution in [0.1, 0.15) is 0 Å². The summed E-state index contributed by atoms with van der Waals surface area (Å²) < 4.78 is 0. The Balaban J connectivity index is 3.68. The summed E-state index contributed by atoms with van der Waals surface area (Å²) >= 11 is 0. The van der Waals surface area contributed by atoms with Crippen molar-refractivity contribution in [1.82, 2.24) is 0 Å². The molecule has 0 fully saturated rings. The maximum absolute atomic E-state index is 8.04. The Morgan fingerprint density at radius 1 is 1.17 bits per heavy atom. The Hall–Kier alpha value is -1.06. The van der Waals surface area contributed by atoms with Crippen LogP contribution in [0.4, 0.5) is 0 Å². The zero-order valence-electron chi connectivity index (χ0n) is 3.18. The van der Waals surface area contributed by atoms with Crippen LogP contribution in [0.5, 0.6) is 0 Å². The van der Waals surface area contributed by atoms with Gasteiger partial charge in [0.1, 0.15) is 0 Å². The van der Waals surface area contributed by atoms with Gasteiger partial charge in [-0.25, -0.2) is 0 Å². The molecule has 36 valence electrons. The molecule has 0 aliphatic heterocycles. The van der Waals surface area contributed by atoms with Crippen LogP contribution in [0.15, 0.2) is 11.7 Å². The Labute approximate surface area is 35.2 Å². The smallest absolute Gasteiger partial charge is 0.222 e. The fourth-order valence-electron chi connectivity index (χ4n) is 0. The van der Waals surface area contributed by atoms with Crippen LogP contribution in [0.25, 0.3) is 0 Å². The van der Waals surface area contributed by atoms with Gasteiger partial charge in [0.25, 0.3) is 0 Å². The molecule has 0 aliphatic rings. The van der Waals surface area contributed by atoms with Crippen LogP contribution in [-0.2, 0) is 0 Å². The monoisotopic (exact) mass is 89.1 g/mol. The Bertz CT molecular complexity index is 58.9. The molecule has 6 heavy (non-hydrogen) atoms. The Kier molecular flexibility index (Phi) is 1.15. The van der Waals surface area contributed by atoms with Gasteiger partial charge in [-0.3, -0.25) is 0 Å². The average molecular weight is 89.1 g/mol. The quantitative estimate of drug-likeness (QED) is 0.273. The van der Waals surface area contributed by atoms with Crippen molar-refractivity contribution in [3.8, 4) is 0 Å². The van der Waals surface area contributed by atoms with Crippen LogP contribution >= 0.6 is 0 Å². The van der Waals surface area contributed by atoms with Crippen molar-refractivity contribution >= 4 is 0 Å². The molecule has 0 heterocycles. The van der Waals surface area contributed by atoms with Gasteiger partial charge in [-0.15, -0.1) is 0 Å². The van der Waals surface area contributed by atoms with E-state index in [0.29, 0.717) is 0 Å². The van der Waals surface area contributed by atoms with Crippen LogP contribution in [-0.4, -0.2) is 5.11 Å². The number of hydrogen-bond donors (Lipinski definition) is 4. The van der Waals surface area contributed by atoms with Crippen LogP contribution in [0, 0.1) is 0 Å². The third-order valence-electron chi connectivity index (χ3n) is 0.296. The summed E-state index contributed by atoms with van der Waals surface area (Å²) in [6, 6.07) is 0. The molecule has 0 amide bonds. The summed E-state index contributed by atoms with van der Waals surface area (Å²) in [5, 5.41) is 8.04. The van der Waals surface area contributed by atoms with E-state index in [1.165, 1.54) is 0 Å². The van der Waals surface area contributed by atoms with Crippen molar-refractivity contribution < 1.29 is 5.11 Å². The molecule has 0 aromatic heterocycles. The van der Waals surface area contributed by atoms with Crippen LogP contribution in [0.2, 0.25) is 0 Å². The van der Waals surface area contributed by atoms with Crippen molar-refractivity contribution in [3.05, 3.63) is 11.7 Å². The van der Waals surface area contributed by atoms with Crippen molar-refractivity contribution in [2.45, 2.75) is 0 Å². The molecule has 0 rings (SSSR count). The Morgan fingerprint density at radius 3 is 1.33 bits per heavy atom. The fraction of sp³-hybridized carbons (Fsp3) is 0. The van der Waals surface area contributed by atoms with Crippen molar-refractivity contribution in [3.63, 3.8) is 0 Å². The minimum absolute atomic E-state index is 0.241. The van der Waals surface area contributed by atoms with Crippen molar-refractivity contribution in [1.29, 1.82) is 0 Å². The lowest BCUT2D eigenvalue weighted by Crippen LogP contribution is -2.16. The number of nitrogens with two attached hydrogens (primary N) is 3. The predicted molar refractivity (Wildman–Crippen MR) is 22.2 cm³/mol. The van der Waals surface area contributed by atoms with Crippen LogP contribution in [0.3, 0.4) is 0 Å². The number of aliphatic hydroxyl groups excluding tert-OH is 1. The van der Waals surface area contributed by atoms with Crippen molar-refractivity contribution in [2.24, 2.45) is 17.2 Å². The molecule has 0 aliphatic carbocycles. The summed E-state index contributed by atoms with van der Waals surface area (Å²) in [5.74, 6) is -0.759. The molecular formula is C2H7N3O. The molecular weight excluding hydrogens is 82.0 g/mol. The summed E-state index contributed by atoms with van der Waals surface area (Å²) in [4.78, 5) is 0. The summed E-state index contributed by atoms with van der Waals surface area (Å²) in [5.41, 5.74) is 14.1. The molecule has 0 radical (unpaired) electrons. The second kappa shape index (κ2) is 1.40. The van der Waals surface area contributed by atoms with Crippen molar-refractivity contribution in [2.75, 3.05) is 0 Å². The number of rotatable bonds is 0. The zero-order valence-corrected chi connectivity index (χ0v) is 3.18. The normalized spacial score (nSPS) is 7.33. The first-order valence-corrected chi connectivity index (χ1v) is 1.34. The molecule has 0 aromatic rings. The minimum Gasteiger partial charge on any atom is -0.492 e. The van der Waals surface area contributed by atoms with Gasteiger partial charge in [0, 0.05) is 0 Å². The third-order valence-corrected chi connectivity index (χ3v) is 0.296. The molecule has 0 atom stereocenters. The highest BCUT2D eigenvalue weighted by Gasteiger charge is 1.80. The van der Waals surface area contributed by atoms with Gasteiger partial charge in [-0.05, 0) is 0 Å². The molecule has 4 nitrogen and oxygen atoms in total. The molecule has 0 unspecified atom stereocenters. The predicted octanol–water partition coefficient (Wildman–Crippen LogP) is -1.45. The van der Waals surface area contributed by atoms with E-state index >= 15 is 0 Å². The van der Waals surface area contributed by atoms with Crippen LogP contribution < -0.4 is 17.2 Å². The highest BCUT2D eigenvalue weighted by molar-refractivity contribution is 4.91. The largest absolute Gasteiger partial charge is 0.492 e. The first-order chi connectivity index (χ1) is 2.64. The Morgan fingerprint density at radius 2 is 1.33 bits per heavy atom. The molecule has 4 heteroatoms.